The van der Waals surface area contributed by atoms with Crippen molar-refractivity contribution in [1.29, 1.82) is 5.26 Å². The third kappa shape index (κ3) is 4.81. The van der Waals surface area contributed by atoms with E-state index in [0.29, 0.717) is 10.6 Å². The van der Waals surface area contributed by atoms with Gasteiger partial charge in [-0.3, -0.25) is 4.79 Å². The van der Waals surface area contributed by atoms with E-state index in [9.17, 15) is 10.1 Å². The van der Waals surface area contributed by atoms with Crippen molar-refractivity contribution in [2.24, 2.45) is 5.16 Å². The number of hydrogen-bond donors (Lipinski definition) is 2. The van der Waals surface area contributed by atoms with Gasteiger partial charge in [0.1, 0.15) is 16.8 Å². The molecule has 158 valence electrons. The third-order valence-corrected chi connectivity index (χ3v) is 6.27. The molecule has 0 fully saturated rings. The van der Waals surface area contributed by atoms with Crippen LogP contribution in [0.25, 0.3) is 0 Å². The van der Waals surface area contributed by atoms with E-state index in [-0.39, 0.29) is 23.6 Å². The molecule has 0 saturated heterocycles. The number of nitrogens with zero attached hydrogens (tertiary/aromatic N) is 2. The van der Waals surface area contributed by atoms with Gasteiger partial charge in [0, 0.05) is 16.0 Å². The van der Waals surface area contributed by atoms with E-state index in [2.05, 4.69) is 49.6 Å². The number of thiophene rings is 1. The molecule has 1 aliphatic rings. The number of anilines is 1. The molecule has 8 heteroatoms. The minimum absolute atomic E-state index is 0.135. The van der Waals surface area contributed by atoms with Crippen molar-refractivity contribution in [2.45, 2.75) is 45.2 Å². The fourth-order valence-corrected chi connectivity index (χ4v) is 5.02. The minimum atomic E-state index is -0.359. The van der Waals surface area contributed by atoms with Crippen LogP contribution in [0.3, 0.4) is 0 Å². The normalized spacial score (nSPS) is 16.5. The Morgan fingerprint density at radius 2 is 2.03 bits per heavy atom. The van der Waals surface area contributed by atoms with Crippen molar-refractivity contribution in [3.05, 3.63) is 45.8 Å². The number of ether oxygens (including phenoxy) is 1. The maximum absolute atomic E-state index is 12.3. The van der Waals surface area contributed by atoms with Gasteiger partial charge in [-0.2, -0.15) is 5.26 Å². The number of carbonyl (C=O) groups excluding carboxylic acids is 1. The summed E-state index contributed by atoms with van der Waals surface area (Å²) in [4.78, 5) is 18.5. The number of benzene rings is 1. The summed E-state index contributed by atoms with van der Waals surface area (Å²) in [6.45, 7) is 8.17. The van der Waals surface area contributed by atoms with Gasteiger partial charge in [-0.15, -0.1) is 11.3 Å². The topological polar surface area (TPSA) is 95.7 Å². The van der Waals surface area contributed by atoms with E-state index >= 15 is 0 Å². The lowest BCUT2D eigenvalue weighted by atomic mass is 9.81. The molecule has 0 spiro atoms. The van der Waals surface area contributed by atoms with Crippen molar-refractivity contribution >= 4 is 28.5 Å². The van der Waals surface area contributed by atoms with Gasteiger partial charge in [-0.05, 0) is 69.5 Å². The summed E-state index contributed by atoms with van der Waals surface area (Å²) in [7, 11) is 1.60. The lowest BCUT2D eigenvalue weighted by molar-refractivity contribution is -0.120. The van der Waals surface area contributed by atoms with Gasteiger partial charge in [-0.1, -0.05) is 5.16 Å². The summed E-state index contributed by atoms with van der Waals surface area (Å²) >= 11 is 1.44. The zero-order valence-electron chi connectivity index (χ0n) is 17.8. The quantitative estimate of drug-likeness (QED) is 0.541. The van der Waals surface area contributed by atoms with Gasteiger partial charge < -0.3 is 20.2 Å². The Bertz CT molecular complexity index is 1000. The van der Waals surface area contributed by atoms with Gasteiger partial charge in [0.15, 0.2) is 6.61 Å². The van der Waals surface area contributed by atoms with Gasteiger partial charge in [0.05, 0.1) is 18.9 Å². The molecule has 30 heavy (non-hydrogen) atoms. The Balaban J connectivity index is 1.65. The van der Waals surface area contributed by atoms with E-state index in [1.807, 2.05) is 24.3 Å². The Morgan fingerprint density at radius 3 is 2.67 bits per heavy atom. The van der Waals surface area contributed by atoms with Crippen LogP contribution in [0.4, 0.5) is 5.00 Å². The van der Waals surface area contributed by atoms with Crippen molar-refractivity contribution in [3.8, 4) is 11.8 Å². The zero-order valence-corrected chi connectivity index (χ0v) is 18.6. The summed E-state index contributed by atoms with van der Waals surface area (Å²) in [5.41, 5.74) is 1.95. The molecule has 2 heterocycles. The molecule has 2 N–H and O–H groups in total. The molecule has 0 aliphatic carbocycles. The number of amides is 1. The summed E-state index contributed by atoms with van der Waals surface area (Å²) in [6, 6.07) is 9.56. The maximum atomic E-state index is 12.3. The number of fused-ring (bicyclic) bond motifs is 1. The molecule has 0 saturated carbocycles. The van der Waals surface area contributed by atoms with Crippen LogP contribution in [0, 0.1) is 11.3 Å². The SMILES string of the molecule is COc1ccc(/C=N/OCC(=O)Nc2sc3c(c2C#N)CC(C)(C)NC3(C)C)cc1. The van der Waals surface area contributed by atoms with Crippen molar-refractivity contribution in [3.63, 3.8) is 0 Å². The molecular formula is C22H26N4O3S. The molecule has 0 bridgehead atoms. The molecular weight excluding hydrogens is 400 g/mol. The van der Waals surface area contributed by atoms with Crippen molar-refractivity contribution < 1.29 is 14.4 Å². The van der Waals surface area contributed by atoms with E-state index in [0.717, 1.165) is 28.2 Å². The number of rotatable bonds is 6. The first-order chi connectivity index (χ1) is 14.1. The molecule has 0 unspecified atom stereocenters. The first-order valence-electron chi connectivity index (χ1n) is 9.60. The van der Waals surface area contributed by atoms with Gasteiger partial charge >= 0.3 is 0 Å². The standard InChI is InChI=1S/C22H26N4O3S/c1-21(2)10-16-17(11-23)20(30-19(16)22(3,4)26-21)25-18(27)13-29-24-12-14-6-8-15(28-5)9-7-14/h6-9,12,26H,10,13H2,1-5H3,(H,25,27)/b24-12+. The summed E-state index contributed by atoms with van der Waals surface area (Å²) < 4.78 is 5.10. The number of carbonyl (C=O) groups is 1. The molecule has 1 amide bonds. The Kier molecular flexibility index (Phi) is 6.15. The highest BCUT2D eigenvalue weighted by Gasteiger charge is 2.40. The fourth-order valence-electron chi connectivity index (χ4n) is 3.78. The number of nitriles is 1. The van der Waals surface area contributed by atoms with Crippen LogP contribution in [-0.4, -0.2) is 31.4 Å². The highest BCUT2D eigenvalue weighted by atomic mass is 32.1. The second-order valence-electron chi connectivity index (χ2n) is 8.37. The summed E-state index contributed by atoms with van der Waals surface area (Å²) in [6.07, 6.45) is 2.25. The first-order valence-corrected chi connectivity index (χ1v) is 10.4. The number of nitrogens with one attached hydrogen (secondary N) is 2. The highest BCUT2D eigenvalue weighted by molar-refractivity contribution is 7.17. The second-order valence-corrected chi connectivity index (χ2v) is 9.39. The lowest BCUT2D eigenvalue weighted by Crippen LogP contribution is -2.54. The third-order valence-electron chi connectivity index (χ3n) is 4.80. The number of hydrogen-bond acceptors (Lipinski definition) is 7. The van der Waals surface area contributed by atoms with Crippen LogP contribution in [0.1, 0.15) is 49.3 Å². The van der Waals surface area contributed by atoms with Crippen LogP contribution in [-0.2, 0) is 21.6 Å². The van der Waals surface area contributed by atoms with Crippen LogP contribution in [0.5, 0.6) is 5.75 Å². The van der Waals surface area contributed by atoms with Gasteiger partial charge in [-0.25, -0.2) is 0 Å². The van der Waals surface area contributed by atoms with E-state index in [4.69, 9.17) is 9.57 Å². The average Bonchev–Trinajstić information content (AvgIpc) is 3.01. The predicted octanol–water partition coefficient (Wildman–Crippen LogP) is 3.78. The van der Waals surface area contributed by atoms with Crippen LogP contribution in [0.15, 0.2) is 29.4 Å². The fraction of sp³-hybridized carbons (Fsp3) is 0.409. The Labute approximate surface area is 180 Å². The van der Waals surface area contributed by atoms with Gasteiger partial charge in [0.2, 0.25) is 0 Å². The first kappa shape index (κ1) is 21.8. The van der Waals surface area contributed by atoms with E-state index in [1.165, 1.54) is 17.6 Å². The van der Waals surface area contributed by atoms with Crippen LogP contribution < -0.4 is 15.4 Å². The maximum Gasteiger partial charge on any atom is 0.265 e. The molecule has 7 nitrogen and oxygen atoms in total. The molecule has 3 rings (SSSR count). The Morgan fingerprint density at radius 1 is 1.33 bits per heavy atom. The average molecular weight is 427 g/mol. The largest absolute Gasteiger partial charge is 0.497 e. The minimum Gasteiger partial charge on any atom is -0.497 e. The summed E-state index contributed by atoms with van der Waals surface area (Å²) in [5.74, 6) is 0.392. The molecule has 1 aromatic carbocycles. The number of oxime groups is 1. The molecule has 2 aromatic rings. The highest BCUT2D eigenvalue weighted by Crippen LogP contribution is 2.44. The molecule has 0 radical (unpaired) electrons. The zero-order chi connectivity index (χ0) is 21.9. The molecule has 1 aromatic heterocycles. The lowest BCUT2D eigenvalue weighted by Gasteiger charge is -2.42. The van der Waals surface area contributed by atoms with Crippen molar-refractivity contribution in [2.75, 3.05) is 19.0 Å². The molecule has 0 atom stereocenters. The predicted molar refractivity (Wildman–Crippen MR) is 118 cm³/mol. The number of methoxy groups -OCH3 is 1. The van der Waals surface area contributed by atoms with Crippen molar-refractivity contribution in [1.82, 2.24) is 5.32 Å². The summed E-state index contributed by atoms with van der Waals surface area (Å²) in [5, 5.41) is 20.5. The van der Waals surface area contributed by atoms with Gasteiger partial charge in [0.25, 0.3) is 5.91 Å². The smallest absolute Gasteiger partial charge is 0.265 e. The Hall–Kier alpha value is -2.89. The van der Waals surface area contributed by atoms with Crippen LogP contribution in [0.2, 0.25) is 0 Å². The molecule has 1 aliphatic heterocycles. The van der Waals surface area contributed by atoms with Crippen LogP contribution >= 0.6 is 11.3 Å². The second kappa shape index (κ2) is 8.46. The monoisotopic (exact) mass is 426 g/mol. The van der Waals surface area contributed by atoms with E-state index < -0.39 is 0 Å². The van der Waals surface area contributed by atoms with E-state index in [1.54, 1.807) is 7.11 Å².